The highest BCUT2D eigenvalue weighted by Gasteiger charge is 2.24. The second-order valence-corrected chi connectivity index (χ2v) is 5.43. The fourth-order valence-corrected chi connectivity index (χ4v) is 1.46. The van der Waals surface area contributed by atoms with E-state index in [1.807, 2.05) is 20.8 Å². The number of aliphatic hydroxyl groups excluding tert-OH is 1. The number of benzene rings is 1. The molecule has 0 saturated heterocycles. The number of nitrogens with two attached hydrogens (primary N) is 1. The molecule has 1 rings (SSSR count). The monoisotopic (exact) mass is 277 g/mol. The normalized spacial score (nSPS) is 14.8. The maximum absolute atomic E-state index is 13.1. The quantitative estimate of drug-likeness (QED) is 0.796. The van der Waals surface area contributed by atoms with Crippen molar-refractivity contribution in [2.45, 2.75) is 39.3 Å². The van der Waals surface area contributed by atoms with E-state index in [9.17, 15) is 9.50 Å². The third-order valence-electron chi connectivity index (χ3n) is 2.95. The summed E-state index contributed by atoms with van der Waals surface area (Å²) in [7, 11) is 0. The van der Waals surface area contributed by atoms with Crippen molar-refractivity contribution < 1.29 is 14.6 Å². The van der Waals surface area contributed by atoms with Crippen LogP contribution in [0.25, 0.3) is 0 Å². The molecule has 0 aliphatic carbocycles. The summed E-state index contributed by atoms with van der Waals surface area (Å²) in [6, 6.07) is 3.68. The molecule has 0 amide bonds. The van der Waals surface area contributed by atoms with Crippen LogP contribution in [0.15, 0.2) is 18.2 Å². The van der Waals surface area contributed by atoms with E-state index in [0.717, 1.165) is 6.07 Å². The first-order chi connectivity index (χ1) is 7.71. The van der Waals surface area contributed by atoms with Crippen LogP contribution < -0.4 is 5.73 Å². The molecule has 0 aliphatic rings. The highest BCUT2D eigenvalue weighted by Crippen LogP contribution is 2.28. The van der Waals surface area contributed by atoms with Gasteiger partial charge < -0.3 is 15.9 Å². The lowest BCUT2D eigenvalue weighted by atomic mass is 9.83. The first kappa shape index (κ1) is 17.2. The Hall–Kier alpha value is -0.840. The molecule has 0 fully saturated rings. The van der Waals surface area contributed by atoms with Gasteiger partial charge in [-0.05, 0) is 29.5 Å². The molecule has 4 N–H and O–H groups in total. The molecular weight excluding hydrogens is 257 g/mol. The molecule has 0 spiro atoms. The number of phenolic OH excluding ortho intramolecular Hbond substituents is 1. The molecule has 0 bridgehead atoms. The van der Waals surface area contributed by atoms with Crippen molar-refractivity contribution in [1.82, 2.24) is 0 Å². The Labute approximate surface area is 113 Å². The Morgan fingerprint density at radius 2 is 1.89 bits per heavy atom. The van der Waals surface area contributed by atoms with Gasteiger partial charge in [0, 0.05) is 6.04 Å². The fourth-order valence-electron chi connectivity index (χ4n) is 1.46. The molecule has 5 heteroatoms. The largest absolute Gasteiger partial charge is 0.505 e. The molecule has 1 aromatic carbocycles. The number of aromatic hydroxyl groups is 1. The van der Waals surface area contributed by atoms with Crippen molar-refractivity contribution in [3.8, 4) is 5.75 Å². The van der Waals surface area contributed by atoms with Gasteiger partial charge in [-0.25, -0.2) is 4.39 Å². The van der Waals surface area contributed by atoms with Gasteiger partial charge in [-0.15, -0.1) is 12.4 Å². The Morgan fingerprint density at radius 1 is 1.33 bits per heavy atom. The van der Waals surface area contributed by atoms with E-state index in [1.165, 1.54) is 12.1 Å². The molecule has 0 aromatic heterocycles. The van der Waals surface area contributed by atoms with Crippen molar-refractivity contribution in [1.29, 1.82) is 0 Å². The minimum absolute atomic E-state index is 0. The van der Waals surface area contributed by atoms with Crippen LogP contribution in [0.5, 0.6) is 5.75 Å². The topological polar surface area (TPSA) is 66.5 Å². The van der Waals surface area contributed by atoms with Crippen LogP contribution in [0.4, 0.5) is 4.39 Å². The van der Waals surface area contributed by atoms with Crippen molar-refractivity contribution in [3.63, 3.8) is 0 Å². The predicted molar refractivity (Wildman–Crippen MR) is 72.3 cm³/mol. The van der Waals surface area contributed by atoms with Crippen LogP contribution in [0.3, 0.4) is 0 Å². The number of hydrogen-bond acceptors (Lipinski definition) is 3. The zero-order chi connectivity index (χ0) is 13.2. The van der Waals surface area contributed by atoms with Crippen LogP contribution in [-0.2, 0) is 0 Å². The van der Waals surface area contributed by atoms with Crippen LogP contribution in [0.1, 0.15) is 38.9 Å². The summed E-state index contributed by atoms with van der Waals surface area (Å²) in [5, 5.41) is 19.0. The molecule has 0 radical (unpaired) electrons. The highest BCUT2D eigenvalue weighted by molar-refractivity contribution is 5.85. The Bertz CT molecular complexity index is 393. The van der Waals surface area contributed by atoms with Gasteiger partial charge in [0.1, 0.15) is 0 Å². The molecular formula is C13H21ClFNO2. The van der Waals surface area contributed by atoms with E-state index in [1.54, 1.807) is 0 Å². The zero-order valence-electron chi connectivity index (χ0n) is 10.9. The third-order valence-corrected chi connectivity index (χ3v) is 2.95. The number of rotatable bonds is 3. The van der Waals surface area contributed by atoms with Gasteiger partial charge in [0.25, 0.3) is 0 Å². The van der Waals surface area contributed by atoms with Crippen LogP contribution in [-0.4, -0.2) is 16.3 Å². The van der Waals surface area contributed by atoms with E-state index >= 15 is 0 Å². The van der Waals surface area contributed by atoms with E-state index in [2.05, 4.69) is 0 Å². The standard InChI is InChI=1S/C13H20FNO2.ClH/c1-13(2,3)12(15)7-11(17)8-4-5-10(16)9(14)6-8;/h4-6,11-12,16-17H,7,15H2,1-3H3;1H/t11-,12+;/m1./s1. The molecule has 3 nitrogen and oxygen atoms in total. The smallest absolute Gasteiger partial charge is 0.165 e. The zero-order valence-corrected chi connectivity index (χ0v) is 11.7. The summed E-state index contributed by atoms with van der Waals surface area (Å²) in [5.41, 5.74) is 6.27. The summed E-state index contributed by atoms with van der Waals surface area (Å²) < 4.78 is 13.1. The summed E-state index contributed by atoms with van der Waals surface area (Å²) in [5.74, 6) is -1.15. The first-order valence-corrected chi connectivity index (χ1v) is 5.64. The molecule has 0 unspecified atom stereocenters. The van der Waals surface area contributed by atoms with E-state index in [-0.39, 0.29) is 23.9 Å². The van der Waals surface area contributed by atoms with Crippen molar-refractivity contribution >= 4 is 12.4 Å². The third kappa shape index (κ3) is 4.44. The van der Waals surface area contributed by atoms with Crippen molar-refractivity contribution in [2.24, 2.45) is 11.1 Å². The number of halogens is 2. The van der Waals surface area contributed by atoms with E-state index in [0.29, 0.717) is 12.0 Å². The predicted octanol–water partition coefficient (Wildman–Crippen LogP) is 2.75. The van der Waals surface area contributed by atoms with Gasteiger partial charge in [-0.3, -0.25) is 0 Å². The molecule has 104 valence electrons. The fraction of sp³-hybridized carbons (Fsp3) is 0.538. The van der Waals surface area contributed by atoms with Gasteiger partial charge in [-0.2, -0.15) is 0 Å². The lowest BCUT2D eigenvalue weighted by molar-refractivity contribution is 0.133. The van der Waals surface area contributed by atoms with Crippen LogP contribution in [0.2, 0.25) is 0 Å². The second-order valence-electron chi connectivity index (χ2n) is 5.43. The summed E-state index contributed by atoms with van der Waals surface area (Å²) in [6.07, 6.45) is -0.465. The maximum atomic E-state index is 13.1. The molecule has 0 saturated carbocycles. The van der Waals surface area contributed by atoms with Crippen molar-refractivity contribution in [3.05, 3.63) is 29.6 Å². The molecule has 0 heterocycles. The Balaban J connectivity index is 0.00000289. The number of hydrogen-bond donors (Lipinski definition) is 3. The molecule has 18 heavy (non-hydrogen) atoms. The van der Waals surface area contributed by atoms with Gasteiger partial charge in [0.2, 0.25) is 0 Å². The molecule has 0 aliphatic heterocycles. The number of aliphatic hydroxyl groups is 1. The lowest BCUT2D eigenvalue weighted by Crippen LogP contribution is -2.36. The average Bonchev–Trinajstić information content (AvgIpc) is 2.20. The van der Waals surface area contributed by atoms with Crippen LogP contribution in [0, 0.1) is 11.2 Å². The molecule has 2 atom stereocenters. The highest BCUT2D eigenvalue weighted by atomic mass is 35.5. The Kier molecular flexibility index (Phi) is 6.07. The minimum Gasteiger partial charge on any atom is -0.505 e. The average molecular weight is 278 g/mol. The Morgan fingerprint density at radius 3 is 2.33 bits per heavy atom. The van der Waals surface area contributed by atoms with Gasteiger partial charge in [0.15, 0.2) is 11.6 Å². The second kappa shape index (κ2) is 6.36. The van der Waals surface area contributed by atoms with Crippen LogP contribution >= 0.6 is 12.4 Å². The lowest BCUT2D eigenvalue weighted by Gasteiger charge is -2.29. The van der Waals surface area contributed by atoms with Crippen molar-refractivity contribution in [2.75, 3.05) is 0 Å². The van der Waals surface area contributed by atoms with Gasteiger partial charge >= 0.3 is 0 Å². The summed E-state index contributed by atoms with van der Waals surface area (Å²) >= 11 is 0. The number of phenols is 1. The minimum atomic E-state index is -0.820. The van der Waals surface area contributed by atoms with E-state index < -0.39 is 17.7 Å². The van der Waals surface area contributed by atoms with E-state index in [4.69, 9.17) is 10.8 Å². The summed E-state index contributed by atoms with van der Waals surface area (Å²) in [4.78, 5) is 0. The summed E-state index contributed by atoms with van der Waals surface area (Å²) in [6.45, 7) is 5.96. The van der Waals surface area contributed by atoms with Gasteiger partial charge in [0.05, 0.1) is 6.10 Å². The maximum Gasteiger partial charge on any atom is 0.165 e. The molecule has 1 aromatic rings. The first-order valence-electron chi connectivity index (χ1n) is 5.64. The SMILES string of the molecule is CC(C)(C)[C@@H](N)C[C@@H](O)c1ccc(O)c(F)c1.Cl. The van der Waals surface area contributed by atoms with Gasteiger partial charge in [-0.1, -0.05) is 26.8 Å².